The van der Waals surface area contributed by atoms with E-state index in [1.54, 1.807) is 0 Å². The number of rotatable bonds is 2. The molecule has 0 aliphatic carbocycles. The lowest BCUT2D eigenvalue weighted by Gasteiger charge is -2.23. The quantitative estimate of drug-likeness (QED) is 0.614. The molecule has 0 radical (unpaired) electrons. The minimum atomic E-state index is 0.351. The number of fused-ring (bicyclic) bond motifs is 1. The zero-order chi connectivity index (χ0) is 11.0. The summed E-state index contributed by atoms with van der Waals surface area (Å²) in [5.74, 6) is 0.855. The second kappa shape index (κ2) is 3.73. The number of thioether (sulfide) groups is 1. The summed E-state index contributed by atoms with van der Waals surface area (Å²) in [6.07, 6.45) is 3.79. The summed E-state index contributed by atoms with van der Waals surface area (Å²) in [5.41, 5.74) is 5.15. The second-order valence-electron chi connectivity index (χ2n) is 3.64. The molecule has 15 heavy (non-hydrogen) atoms. The van der Waals surface area contributed by atoms with E-state index in [4.69, 9.17) is 0 Å². The fourth-order valence-corrected chi connectivity index (χ4v) is 1.85. The Hall–Kier alpha value is -1.23. The molecule has 1 aromatic rings. The van der Waals surface area contributed by atoms with E-state index in [1.807, 2.05) is 17.5 Å². The maximum Gasteiger partial charge on any atom is 0.189 e. The molecule has 0 bridgehead atoms. The first-order chi connectivity index (χ1) is 7.13. The molecule has 0 unspecified atom stereocenters. The van der Waals surface area contributed by atoms with E-state index in [0.29, 0.717) is 6.04 Å². The molecule has 0 spiro atoms. The summed E-state index contributed by atoms with van der Waals surface area (Å²) in [6, 6.07) is 0.351. The van der Waals surface area contributed by atoms with Crippen LogP contribution in [0.3, 0.4) is 0 Å². The highest BCUT2D eigenvalue weighted by Crippen LogP contribution is 2.32. The van der Waals surface area contributed by atoms with E-state index in [-0.39, 0.29) is 0 Å². The van der Waals surface area contributed by atoms with Crippen LogP contribution in [0.25, 0.3) is 5.70 Å². The van der Waals surface area contributed by atoms with Crippen LogP contribution in [0.4, 0.5) is 5.82 Å². The van der Waals surface area contributed by atoms with Gasteiger partial charge in [0.1, 0.15) is 0 Å². The normalized spacial score (nSPS) is 14.4. The molecule has 0 atom stereocenters. The third kappa shape index (κ3) is 1.67. The fourth-order valence-electron chi connectivity index (χ4n) is 1.51. The lowest BCUT2D eigenvalue weighted by Crippen LogP contribution is -2.29. The highest BCUT2D eigenvalue weighted by Gasteiger charge is 2.25. The van der Waals surface area contributed by atoms with Crippen molar-refractivity contribution in [2.24, 2.45) is 0 Å². The molecule has 5 heteroatoms. The molecule has 2 rings (SSSR count). The van der Waals surface area contributed by atoms with Crippen molar-refractivity contribution >= 4 is 23.3 Å². The zero-order valence-corrected chi connectivity index (χ0v) is 9.93. The summed E-state index contributed by atoms with van der Waals surface area (Å²) in [6.45, 7) is 8.24. The first kappa shape index (κ1) is 10.3. The van der Waals surface area contributed by atoms with Crippen molar-refractivity contribution in [1.82, 2.24) is 15.0 Å². The summed E-state index contributed by atoms with van der Waals surface area (Å²) in [4.78, 5) is 8.63. The van der Waals surface area contributed by atoms with E-state index in [2.05, 4.69) is 35.8 Å². The minimum Gasteiger partial charge on any atom is -0.284 e. The third-order valence-electron chi connectivity index (χ3n) is 2.29. The van der Waals surface area contributed by atoms with E-state index in [1.165, 1.54) is 11.8 Å². The van der Waals surface area contributed by atoms with Gasteiger partial charge in [0.15, 0.2) is 11.0 Å². The summed E-state index contributed by atoms with van der Waals surface area (Å²) in [5, 5.41) is 2.78. The Kier molecular flexibility index (Phi) is 2.56. The molecule has 1 aromatic heterocycles. The molecule has 1 N–H and O–H groups in total. The van der Waals surface area contributed by atoms with Gasteiger partial charge in [-0.25, -0.2) is 9.97 Å². The van der Waals surface area contributed by atoms with Gasteiger partial charge in [-0.2, -0.15) is 0 Å². The van der Waals surface area contributed by atoms with Crippen molar-refractivity contribution in [1.29, 1.82) is 0 Å². The van der Waals surface area contributed by atoms with Gasteiger partial charge in [-0.15, -0.1) is 0 Å². The van der Waals surface area contributed by atoms with Crippen LogP contribution in [-0.2, 0) is 0 Å². The van der Waals surface area contributed by atoms with Crippen LogP contribution in [0, 0.1) is 0 Å². The Morgan fingerprint density at radius 2 is 2.27 bits per heavy atom. The largest absolute Gasteiger partial charge is 0.284 e. The van der Waals surface area contributed by atoms with Crippen LogP contribution in [0.1, 0.15) is 19.4 Å². The van der Waals surface area contributed by atoms with Crippen molar-refractivity contribution in [2.75, 3.05) is 11.7 Å². The molecule has 0 saturated heterocycles. The molecule has 0 amide bonds. The van der Waals surface area contributed by atoms with E-state index >= 15 is 0 Å². The zero-order valence-electron chi connectivity index (χ0n) is 9.11. The molecular formula is C10H14N4S. The van der Waals surface area contributed by atoms with Crippen molar-refractivity contribution in [3.05, 3.63) is 18.3 Å². The van der Waals surface area contributed by atoms with Crippen LogP contribution in [0.2, 0.25) is 0 Å². The number of hydrazine groups is 1. The fraction of sp³-hybridized carbons (Fsp3) is 0.400. The van der Waals surface area contributed by atoms with Crippen molar-refractivity contribution in [2.45, 2.75) is 25.0 Å². The van der Waals surface area contributed by atoms with Gasteiger partial charge in [0.05, 0.1) is 11.3 Å². The second-order valence-corrected chi connectivity index (χ2v) is 4.41. The van der Waals surface area contributed by atoms with Crippen LogP contribution in [0.5, 0.6) is 0 Å². The van der Waals surface area contributed by atoms with Crippen molar-refractivity contribution in [3.8, 4) is 0 Å². The number of hydrogen-bond donors (Lipinski definition) is 1. The predicted molar refractivity (Wildman–Crippen MR) is 63.4 cm³/mol. The van der Waals surface area contributed by atoms with Gasteiger partial charge in [0.25, 0.3) is 0 Å². The van der Waals surface area contributed by atoms with Gasteiger partial charge in [-0.3, -0.25) is 10.4 Å². The lowest BCUT2D eigenvalue weighted by atomic mass is 10.2. The molecule has 4 nitrogen and oxygen atoms in total. The predicted octanol–water partition coefficient (Wildman–Crippen LogP) is 2.22. The number of anilines is 1. The maximum absolute atomic E-state index is 4.39. The molecular weight excluding hydrogens is 208 g/mol. The third-order valence-corrected chi connectivity index (χ3v) is 2.86. The highest BCUT2D eigenvalue weighted by atomic mass is 32.2. The number of hydrogen-bond acceptors (Lipinski definition) is 5. The molecule has 1 aliphatic rings. The average Bonchev–Trinajstić information content (AvgIpc) is 2.55. The average molecular weight is 222 g/mol. The SMILES string of the molecule is C=C1c2cnc(SC)nc2NN1C(C)C. The Bertz CT molecular complexity index is 402. The smallest absolute Gasteiger partial charge is 0.189 e. The van der Waals surface area contributed by atoms with E-state index in [0.717, 1.165) is 22.2 Å². The summed E-state index contributed by atoms with van der Waals surface area (Å²) < 4.78 is 0. The van der Waals surface area contributed by atoms with Gasteiger partial charge in [-0.1, -0.05) is 18.3 Å². The summed E-state index contributed by atoms with van der Waals surface area (Å²) >= 11 is 1.54. The van der Waals surface area contributed by atoms with Crippen molar-refractivity contribution < 1.29 is 0 Å². The van der Waals surface area contributed by atoms with Crippen LogP contribution >= 0.6 is 11.8 Å². The van der Waals surface area contributed by atoms with Crippen LogP contribution < -0.4 is 5.43 Å². The maximum atomic E-state index is 4.39. The molecule has 2 heterocycles. The monoisotopic (exact) mass is 222 g/mol. The summed E-state index contributed by atoms with van der Waals surface area (Å²) in [7, 11) is 0. The van der Waals surface area contributed by atoms with Gasteiger partial charge >= 0.3 is 0 Å². The molecule has 80 valence electrons. The highest BCUT2D eigenvalue weighted by molar-refractivity contribution is 7.98. The van der Waals surface area contributed by atoms with Gasteiger partial charge < -0.3 is 0 Å². The van der Waals surface area contributed by atoms with Gasteiger partial charge in [0, 0.05) is 12.2 Å². The molecule has 0 saturated carbocycles. The van der Waals surface area contributed by atoms with E-state index < -0.39 is 0 Å². The Morgan fingerprint density at radius 1 is 1.53 bits per heavy atom. The van der Waals surface area contributed by atoms with Crippen molar-refractivity contribution in [3.63, 3.8) is 0 Å². The lowest BCUT2D eigenvalue weighted by molar-refractivity contribution is 0.401. The number of aromatic nitrogens is 2. The van der Waals surface area contributed by atoms with Crippen LogP contribution in [-0.4, -0.2) is 27.3 Å². The Balaban J connectivity index is 2.36. The van der Waals surface area contributed by atoms with E-state index in [9.17, 15) is 0 Å². The minimum absolute atomic E-state index is 0.351. The molecule has 0 aromatic carbocycles. The first-order valence-electron chi connectivity index (χ1n) is 4.79. The van der Waals surface area contributed by atoms with Crippen LogP contribution in [0.15, 0.2) is 17.9 Å². The van der Waals surface area contributed by atoms with Gasteiger partial charge in [0.2, 0.25) is 0 Å². The molecule has 0 fully saturated rings. The Morgan fingerprint density at radius 3 is 2.87 bits per heavy atom. The standard InChI is InChI=1S/C10H14N4S/c1-6(2)14-7(3)8-5-11-10(15-4)12-9(8)13-14/h5-6H,3H2,1-2,4H3,(H,11,12,13). The molecule has 1 aliphatic heterocycles. The number of nitrogens with one attached hydrogen (secondary N) is 1. The van der Waals surface area contributed by atoms with Gasteiger partial charge in [-0.05, 0) is 20.1 Å². The number of nitrogens with zero attached hydrogens (tertiary/aromatic N) is 3. The first-order valence-corrected chi connectivity index (χ1v) is 6.02. The Labute approximate surface area is 93.8 Å². The topological polar surface area (TPSA) is 41.1 Å².